The molecular weight excluding hydrogens is 302 g/mol. The minimum Gasteiger partial charge on any atom is -0.465 e. The van der Waals surface area contributed by atoms with Crippen LogP contribution < -0.4 is 0 Å². The highest BCUT2D eigenvalue weighted by atomic mass is 16.6. The molecule has 7 heteroatoms. The molecule has 1 aromatic carbocycles. The van der Waals surface area contributed by atoms with Crippen LogP contribution in [0.15, 0.2) is 24.3 Å². The van der Waals surface area contributed by atoms with Crippen molar-refractivity contribution in [2.24, 2.45) is 5.92 Å². The number of imide groups is 1. The number of carbonyl (C=O) groups excluding carboxylic acids is 4. The van der Waals surface area contributed by atoms with Gasteiger partial charge in [0.05, 0.1) is 24.3 Å². The Morgan fingerprint density at radius 3 is 2.39 bits per heavy atom. The highest BCUT2D eigenvalue weighted by molar-refractivity contribution is 6.21. The zero-order valence-corrected chi connectivity index (χ0v) is 12.5. The van der Waals surface area contributed by atoms with E-state index in [1.54, 1.807) is 31.2 Å². The molecule has 0 saturated carbocycles. The Kier molecular flexibility index (Phi) is 3.85. The van der Waals surface area contributed by atoms with Crippen molar-refractivity contribution in [2.75, 3.05) is 13.2 Å². The summed E-state index contributed by atoms with van der Waals surface area (Å²) < 4.78 is 9.93. The van der Waals surface area contributed by atoms with Crippen molar-refractivity contribution < 1.29 is 28.7 Å². The van der Waals surface area contributed by atoms with Gasteiger partial charge in [-0.2, -0.15) is 0 Å². The van der Waals surface area contributed by atoms with Crippen molar-refractivity contribution in [3.05, 3.63) is 35.4 Å². The maximum Gasteiger partial charge on any atom is 0.320 e. The van der Waals surface area contributed by atoms with E-state index in [4.69, 9.17) is 9.47 Å². The largest absolute Gasteiger partial charge is 0.465 e. The summed E-state index contributed by atoms with van der Waals surface area (Å²) in [4.78, 5) is 49.0. The van der Waals surface area contributed by atoms with E-state index in [9.17, 15) is 19.2 Å². The van der Waals surface area contributed by atoms with Crippen molar-refractivity contribution in [3.63, 3.8) is 0 Å². The predicted octanol–water partition coefficient (Wildman–Crippen LogP) is 0.777. The Morgan fingerprint density at radius 2 is 1.83 bits per heavy atom. The van der Waals surface area contributed by atoms with Crippen molar-refractivity contribution in [2.45, 2.75) is 19.4 Å². The molecule has 3 rings (SSSR count). The Balaban J connectivity index is 1.70. The lowest BCUT2D eigenvalue weighted by atomic mass is 10.1. The average Bonchev–Trinajstić information content (AvgIpc) is 3.02. The molecule has 2 aliphatic heterocycles. The first-order valence-electron chi connectivity index (χ1n) is 7.35. The van der Waals surface area contributed by atoms with E-state index in [2.05, 4.69) is 0 Å². The number of nitrogens with zero attached hydrogens (tertiary/aromatic N) is 1. The van der Waals surface area contributed by atoms with Crippen LogP contribution in [0, 0.1) is 5.92 Å². The van der Waals surface area contributed by atoms with Crippen LogP contribution >= 0.6 is 0 Å². The summed E-state index contributed by atoms with van der Waals surface area (Å²) in [6.45, 7) is 1.76. The van der Waals surface area contributed by atoms with Crippen LogP contribution in [0.1, 0.15) is 34.1 Å². The molecule has 1 fully saturated rings. The van der Waals surface area contributed by atoms with Gasteiger partial charge in [0.1, 0.15) is 6.10 Å². The maximum atomic E-state index is 12.3. The molecular formula is C16H15NO6. The van der Waals surface area contributed by atoms with Crippen LogP contribution in [0.5, 0.6) is 0 Å². The lowest BCUT2D eigenvalue weighted by molar-refractivity contribution is -0.156. The molecule has 0 spiro atoms. The van der Waals surface area contributed by atoms with E-state index in [1.165, 1.54) is 0 Å². The second kappa shape index (κ2) is 5.83. The number of hydrogen-bond acceptors (Lipinski definition) is 6. The zero-order valence-electron chi connectivity index (χ0n) is 12.5. The third kappa shape index (κ3) is 2.58. The Labute approximate surface area is 132 Å². The minimum atomic E-state index is -0.991. The highest BCUT2D eigenvalue weighted by Gasteiger charge is 2.44. The fraction of sp³-hybridized carbons (Fsp3) is 0.375. The van der Waals surface area contributed by atoms with Crippen molar-refractivity contribution >= 4 is 23.8 Å². The fourth-order valence-corrected chi connectivity index (χ4v) is 2.81. The van der Waals surface area contributed by atoms with Crippen LogP contribution in [-0.4, -0.2) is 47.9 Å². The molecule has 0 aromatic heterocycles. The third-order valence-corrected chi connectivity index (χ3v) is 3.90. The molecule has 2 atom stereocenters. The molecule has 120 valence electrons. The van der Waals surface area contributed by atoms with Gasteiger partial charge in [0.25, 0.3) is 11.8 Å². The summed E-state index contributed by atoms with van der Waals surface area (Å²) in [6, 6.07) is 6.52. The Morgan fingerprint density at radius 1 is 1.22 bits per heavy atom. The molecule has 2 aliphatic rings. The Hall–Kier alpha value is -2.70. The van der Waals surface area contributed by atoms with E-state index in [0.29, 0.717) is 11.1 Å². The lowest BCUT2D eigenvalue weighted by Gasteiger charge is -2.17. The summed E-state index contributed by atoms with van der Waals surface area (Å²) in [5.74, 6) is -3.13. The molecule has 0 bridgehead atoms. The van der Waals surface area contributed by atoms with E-state index >= 15 is 0 Å². The maximum absolute atomic E-state index is 12.3. The molecule has 2 heterocycles. The van der Waals surface area contributed by atoms with Crippen LogP contribution in [0.4, 0.5) is 0 Å². The number of cyclic esters (lactones) is 1. The van der Waals surface area contributed by atoms with Gasteiger partial charge in [-0.25, -0.2) is 0 Å². The first-order valence-corrected chi connectivity index (χ1v) is 7.35. The second-order valence-electron chi connectivity index (χ2n) is 5.37. The van der Waals surface area contributed by atoms with Gasteiger partial charge in [-0.1, -0.05) is 12.1 Å². The molecule has 0 N–H and O–H groups in total. The molecule has 7 nitrogen and oxygen atoms in total. The van der Waals surface area contributed by atoms with E-state index in [0.717, 1.165) is 4.90 Å². The van der Waals surface area contributed by atoms with Gasteiger partial charge in [0.15, 0.2) is 5.92 Å². The molecule has 2 amide bonds. The molecule has 1 aromatic rings. The second-order valence-corrected chi connectivity index (χ2v) is 5.37. The minimum absolute atomic E-state index is 0.0615. The molecule has 0 aliphatic carbocycles. The monoisotopic (exact) mass is 317 g/mol. The van der Waals surface area contributed by atoms with Crippen molar-refractivity contribution in [1.82, 2.24) is 4.90 Å². The standard InChI is InChI=1S/C16H15NO6/c1-2-22-15(20)12-7-9(23-16(12)21)8-17-13(18)10-5-3-4-6-11(10)14(17)19/h3-6,9,12H,2,7-8H2,1H3/t9-,12+/m0/s1. The molecule has 0 radical (unpaired) electrons. The summed E-state index contributed by atoms with van der Waals surface area (Å²) in [5.41, 5.74) is 0.674. The topological polar surface area (TPSA) is 90.0 Å². The normalized spacial score (nSPS) is 23.0. The number of carbonyl (C=O) groups is 4. The van der Waals surface area contributed by atoms with Gasteiger partial charge < -0.3 is 9.47 Å². The van der Waals surface area contributed by atoms with Crippen LogP contribution in [-0.2, 0) is 19.1 Å². The van der Waals surface area contributed by atoms with Crippen LogP contribution in [0.2, 0.25) is 0 Å². The van der Waals surface area contributed by atoms with Gasteiger partial charge in [-0.3, -0.25) is 24.1 Å². The van der Waals surface area contributed by atoms with E-state index < -0.39 is 35.8 Å². The lowest BCUT2D eigenvalue weighted by Crippen LogP contribution is -2.36. The van der Waals surface area contributed by atoms with Crippen molar-refractivity contribution in [3.8, 4) is 0 Å². The fourth-order valence-electron chi connectivity index (χ4n) is 2.81. The highest BCUT2D eigenvalue weighted by Crippen LogP contribution is 2.27. The smallest absolute Gasteiger partial charge is 0.320 e. The van der Waals surface area contributed by atoms with Gasteiger partial charge in [0, 0.05) is 6.42 Å². The summed E-state index contributed by atoms with van der Waals surface area (Å²) in [7, 11) is 0. The summed E-state index contributed by atoms with van der Waals surface area (Å²) >= 11 is 0. The van der Waals surface area contributed by atoms with E-state index in [1.807, 2.05) is 0 Å². The Bertz CT molecular complexity index is 663. The average molecular weight is 317 g/mol. The SMILES string of the molecule is CCOC(=O)[C@H]1C[C@@H](CN2C(=O)c3ccccc3C2=O)OC1=O. The van der Waals surface area contributed by atoms with Crippen LogP contribution in [0.25, 0.3) is 0 Å². The quantitative estimate of drug-likeness (QED) is 0.463. The van der Waals surface area contributed by atoms with Crippen LogP contribution in [0.3, 0.4) is 0 Å². The number of fused-ring (bicyclic) bond motifs is 1. The van der Waals surface area contributed by atoms with Gasteiger partial charge in [0.2, 0.25) is 0 Å². The van der Waals surface area contributed by atoms with Gasteiger partial charge >= 0.3 is 11.9 Å². The number of hydrogen-bond donors (Lipinski definition) is 0. The van der Waals surface area contributed by atoms with Gasteiger partial charge in [-0.15, -0.1) is 0 Å². The first kappa shape index (κ1) is 15.2. The molecule has 1 saturated heterocycles. The predicted molar refractivity (Wildman–Crippen MR) is 76.4 cm³/mol. The number of rotatable bonds is 4. The number of amides is 2. The number of benzene rings is 1. The summed E-state index contributed by atoms with van der Waals surface area (Å²) in [6.07, 6.45) is -0.593. The zero-order chi connectivity index (χ0) is 16.6. The number of ether oxygens (including phenoxy) is 2. The van der Waals surface area contributed by atoms with E-state index in [-0.39, 0.29) is 19.6 Å². The molecule has 23 heavy (non-hydrogen) atoms. The number of esters is 2. The van der Waals surface area contributed by atoms with Gasteiger partial charge in [-0.05, 0) is 19.1 Å². The summed E-state index contributed by atoms with van der Waals surface area (Å²) in [5, 5.41) is 0. The third-order valence-electron chi connectivity index (χ3n) is 3.90. The van der Waals surface area contributed by atoms with Crippen molar-refractivity contribution in [1.29, 1.82) is 0 Å². The first-order chi connectivity index (χ1) is 11.0. The molecule has 0 unspecified atom stereocenters.